The molecule has 3 aromatic rings. The van der Waals surface area contributed by atoms with Gasteiger partial charge in [-0.15, -0.1) is 11.8 Å². The molecule has 0 fully saturated rings. The predicted molar refractivity (Wildman–Crippen MR) is 125 cm³/mol. The van der Waals surface area contributed by atoms with Crippen molar-refractivity contribution >= 4 is 17.7 Å². The number of carbonyl (C=O) groups excluding carboxylic acids is 1. The molecule has 0 radical (unpaired) electrons. The van der Waals surface area contributed by atoms with Gasteiger partial charge in [-0.1, -0.05) is 48.5 Å². The molecule has 156 valence electrons. The van der Waals surface area contributed by atoms with E-state index in [1.165, 1.54) is 10.5 Å². The fourth-order valence-electron chi connectivity index (χ4n) is 3.21. The van der Waals surface area contributed by atoms with Gasteiger partial charge in [0.1, 0.15) is 5.75 Å². The van der Waals surface area contributed by atoms with Gasteiger partial charge in [0.25, 0.3) is 5.91 Å². The first kappa shape index (κ1) is 22.0. The van der Waals surface area contributed by atoms with Gasteiger partial charge in [-0.2, -0.15) is 0 Å². The number of nitrogens with one attached hydrogen (secondary N) is 1. The van der Waals surface area contributed by atoms with Gasteiger partial charge in [-0.3, -0.25) is 4.79 Å². The molecule has 0 heterocycles. The first-order valence-corrected chi connectivity index (χ1v) is 11.4. The van der Waals surface area contributed by atoms with Crippen LogP contribution in [0.4, 0.5) is 0 Å². The number of aryl methyl sites for hydroxylation is 1. The number of thioether (sulfide) groups is 1. The molecule has 0 aliphatic rings. The van der Waals surface area contributed by atoms with Crippen molar-refractivity contribution in [2.75, 3.05) is 6.61 Å². The monoisotopic (exact) mass is 419 g/mol. The average Bonchev–Trinajstić information content (AvgIpc) is 2.78. The van der Waals surface area contributed by atoms with E-state index < -0.39 is 0 Å². The van der Waals surface area contributed by atoms with E-state index in [9.17, 15) is 4.79 Å². The van der Waals surface area contributed by atoms with Gasteiger partial charge >= 0.3 is 0 Å². The van der Waals surface area contributed by atoms with Gasteiger partial charge in [-0.05, 0) is 62.6 Å². The minimum atomic E-state index is -0.0374. The first-order chi connectivity index (χ1) is 14.7. The zero-order chi connectivity index (χ0) is 21.2. The summed E-state index contributed by atoms with van der Waals surface area (Å²) in [6.07, 6.45) is 1.86. The number of hydrogen-bond donors (Lipinski definition) is 1. The van der Waals surface area contributed by atoms with Crippen molar-refractivity contribution in [2.45, 2.75) is 43.4 Å². The summed E-state index contributed by atoms with van der Waals surface area (Å²) in [6, 6.07) is 26.5. The van der Waals surface area contributed by atoms with Crippen LogP contribution < -0.4 is 10.1 Å². The number of benzene rings is 3. The summed E-state index contributed by atoms with van der Waals surface area (Å²) in [6.45, 7) is 4.63. The van der Waals surface area contributed by atoms with E-state index in [4.69, 9.17) is 4.74 Å². The van der Waals surface area contributed by atoms with Crippen molar-refractivity contribution in [3.63, 3.8) is 0 Å². The zero-order valence-corrected chi connectivity index (χ0v) is 18.5. The van der Waals surface area contributed by atoms with E-state index in [0.717, 1.165) is 29.9 Å². The second-order valence-electron chi connectivity index (χ2n) is 7.26. The maximum Gasteiger partial charge on any atom is 0.251 e. The minimum Gasteiger partial charge on any atom is -0.494 e. The normalized spacial score (nSPS) is 11.7. The van der Waals surface area contributed by atoms with Crippen LogP contribution in [0.1, 0.15) is 41.8 Å². The molecule has 4 heteroatoms. The second-order valence-corrected chi connectivity index (χ2v) is 8.30. The Morgan fingerprint density at radius 1 is 1.00 bits per heavy atom. The molecule has 0 aliphatic carbocycles. The van der Waals surface area contributed by atoms with Crippen LogP contribution in [-0.2, 0) is 12.2 Å². The average molecular weight is 420 g/mol. The van der Waals surface area contributed by atoms with Crippen LogP contribution in [-0.4, -0.2) is 18.6 Å². The fraction of sp³-hybridized carbons (Fsp3) is 0.269. The van der Waals surface area contributed by atoms with Gasteiger partial charge in [0.2, 0.25) is 0 Å². The van der Waals surface area contributed by atoms with Crippen LogP contribution in [0.15, 0.2) is 83.8 Å². The van der Waals surface area contributed by atoms with E-state index >= 15 is 0 Å². The summed E-state index contributed by atoms with van der Waals surface area (Å²) in [4.78, 5) is 14.0. The third-order valence-electron chi connectivity index (χ3n) is 4.85. The molecule has 1 amide bonds. The van der Waals surface area contributed by atoms with Gasteiger partial charge in [0, 0.05) is 27.8 Å². The number of ether oxygens (including phenoxy) is 1. The summed E-state index contributed by atoms with van der Waals surface area (Å²) < 4.78 is 5.78. The quantitative estimate of drug-likeness (QED) is 0.402. The van der Waals surface area contributed by atoms with E-state index in [0.29, 0.717) is 12.2 Å². The van der Waals surface area contributed by atoms with E-state index in [2.05, 4.69) is 36.5 Å². The van der Waals surface area contributed by atoms with Crippen molar-refractivity contribution in [1.29, 1.82) is 0 Å². The number of rotatable bonds is 10. The van der Waals surface area contributed by atoms with E-state index in [1.54, 1.807) is 11.8 Å². The Kier molecular flexibility index (Phi) is 8.40. The Morgan fingerprint density at radius 2 is 1.70 bits per heavy atom. The SMILES string of the molecule is CCOc1ccc(C(=O)N[C@H](C)CCc2ccccc2)cc1CSc1ccccc1. The van der Waals surface area contributed by atoms with Crippen LogP contribution in [0.2, 0.25) is 0 Å². The molecule has 0 saturated heterocycles. The highest BCUT2D eigenvalue weighted by molar-refractivity contribution is 7.98. The topological polar surface area (TPSA) is 38.3 Å². The first-order valence-electron chi connectivity index (χ1n) is 10.4. The molecule has 0 unspecified atom stereocenters. The summed E-state index contributed by atoms with van der Waals surface area (Å²) in [5.74, 6) is 1.56. The fourth-order valence-corrected chi connectivity index (χ4v) is 4.11. The van der Waals surface area contributed by atoms with Gasteiger partial charge in [0.15, 0.2) is 0 Å². The van der Waals surface area contributed by atoms with Crippen LogP contribution in [0.3, 0.4) is 0 Å². The lowest BCUT2D eigenvalue weighted by Crippen LogP contribution is -2.33. The second kappa shape index (κ2) is 11.5. The third-order valence-corrected chi connectivity index (χ3v) is 5.91. The molecule has 1 N–H and O–H groups in total. The Labute approximate surface area is 183 Å². The Balaban J connectivity index is 1.63. The highest BCUT2D eigenvalue weighted by Crippen LogP contribution is 2.29. The van der Waals surface area contributed by atoms with Crippen LogP contribution in [0.5, 0.6) is 5.75 Å². The molecular formula is C26H29NO2S. The van der Waals surface area contributed by atoms with Crippen molar-refractivity contribution in [1.82, 2.24) is 5.32 Å². The third kappa shape index (κ3) is 6.67. The lowest BCUT2D eigenvalue weighted by molar-refractivity contribution is 0.0938. The van der Waals surface area contributed by atoms with Gasteiger partial charge in [0.05, 0.1) is 6.61 Å². The maximum atomic E-state index is 12.8. The van der Waals surface area contributed by atoms with Crippen LogP contribution in [0, 0.1) is 0 Å². The lowest BCUT2D eigenvalue weighted by Gasteiger charge is -2.16. The molecule has 0 aliphatic heterocycles. The lowest BCUT2D eigenvalue weighted by atomic mass is 10.1. The molecule has 0 saturated carbocycles. The maximum absolute atomic E-state index is 12.8. The van der Waals surface area contributed by atoms with Crippen molar-refractivity contribution in [3.8, 4) is 5.75 Å². The molecule has 3 rings (SSSR count). The van der Waals surface area contributed by atoms with E-state index in [-0.39, 0.29) is 11.9 Å². The van der Waals surface area contributed by atoms with E-state index in [1.807, 2.05) is 61.5 Å². The molecule has 1 atom stereocenters. The number of amides is 1. The van der Waals surface area contributed by atoms with Gasteiger partial charge in [-0.25, -0.2) is 0 Å². The summed E-state index contributed by atoms with van der Waals surface area (Å²) >= 11 is 1.74. The summed E-state index contributed by atoms with van der Waals surface area (Å²) in [5.41, 5.74) is 3.00. The predicted octanol–water partition coefficient (Wildman–Crippen LogP) is 6.13. The molecular weight excluding hydrogens is 390 g/mol. The Hall–Kier alpha value is -2.72. The smallest absolute Gasteiger partial charge is 0.251 e. The number of carbonyl (C=O) groups is 1. The molecule has 0 spiro atoms. The summed E-state index contributed by atoms with van der Waals surface area (Å²) in [7, 11) is 0. The highest BCUT2D eigenvalue weighted by Gasteiger charge is 2.13. The largest absolute Gasteiger partial charge is 0.494 e. The van der Waals surface area contributed by atoms with Crippen molar-refractivity contribution in [2.24, 2.45) is 0 Å². The highest BCUT2D eigenvalue weighted by atomic mass is 32.2. The molecule has 3 aromatic carbocycles. The zero-order valence-electron chi connectivity index (χ0n) is 17.6. The summed E-state index contributed by atoms with van der Waals surface area (Å²) in [5, 5.41) is 3.13. The van der Waals surface area contributed by atoms with Crippen molar-refractivity contribution < 1.29 is 9.53 Å². The Bertz CT molecular complexity index is 928. The molecule has 30 heavy (non-hydrogen) atoms. The van der Waals surface area contributed by atoms with Crippen molar-refractivity contribution in [3.05, 3.63) is 95.6 Å². The van der Waals surface area contributed by atoms with Crippen LogP contribution >= 0.6 is 11.8 Å². The minimum absolute atomic E-state index is 0.0374. The molecule has 0 aromatic heterocycles. The standard InChI is InChI=1S/C26H29NO2S/c1-3-29-25-17-16-22(18-23(25)19-30-24-12-8-5-9-13-24)26(28)27-20(2)14-15-21-10-6-4-7-11-21/h4-13,16-18,20H,3,14-15,19H2,1-2H3,(H,27,28)/t20-/m1/s1. The molecule has 3 nitrogen and oxygen atoms in total. The Morgan fingerprint density at radius 3 is 2.40 bits per heavy atom. The van der Waals surface area contributed by atoms with Gasteiger partial charge < -0.3 is 10.1 Å². The molecule has 0 bridgehead atoms. The van der Waals surface area contributed by atoms with Crippen LogP contribution in [0.25, 0.3) is 0 Å². The number of hydrogen-bond acceptors (Lipinski definition) is 3.